The van der Waals surface area contributed by atoms with Crippen molar-refractivity contribution in [1.82, 2.24) is 4.90 Å². The largest absolute Gasteiger partial charge is 0.495 e. The Labute approximate surface area is 101 Å². The molecule has 2 atom stereocenters. The lowest BCUT2D eigenvalue weighted by Crippen LogP contribution is -2.49. The van der Waals surface area contributed by atoms with E-state index >= 15 is 0 Å². The highest BCUT2D eigenvalue weighted by molar-refractivity contribution is 5.68. The molecule has 0 spiro atoms. The smallest absolute Gasteiger partial charge is 0.410 e. The summed E-state index contributed by atoms with van der Waals surface area (Å²) in [6, 6.07) is 0. The van der Waals surface area contributed by atoms with Crippen LogP contribution in [0.25, 0.3) is 0 Å². The van der Waals surface area contributed by atoms with Gasteiger partial charge in [-0.3, -0.25) is 0 Å². The van der Waals surface area contributed by atoms with Crippen molar-refractivity contribution in [2.75, 3.05) is 13.1 Å². The van der Waals surface area contributed by atoms with E-state index in [0.29, 0.717) is 13.0 Å². The third kappa shape index (κ3) is 4.24. The number of alkyl halides is 1. The van der Waals surface area contributed by atoms with Gasteiger partial charge in [-0.25, -0.2) is 9.18 Å². The Hall–Kier alpha value is -1.26. The van der Waals surface area contributed by atoms with Crippen molar-refractivity contribution in [3.63, 3.8) is 0 Å². The SMILES string of the molecule is C=CO[C@@H]1CCN(C(=O)OC(C)(C)C)C[C@@H]1F. The topological polar surface area (TPSA) is 38.8 Å². The first-order valence-electron chi connectivity index (χ1n) is 5.72. The van der Waals surface area contributed by atoms with Crippen LogP contribution in [0.5, 0.6) is 0 Å². The molecule has 5 heteroatoms. The quantitative estimate of drug-likeness (QED) is 0.702. The number of hydrogen-bond acceptors (Lipinski definition) is 3. The van der Waals surface area contributed by atoms with E-state index in [4.69, 9.17) is 9.47 Å². The number of nitrogens with zero attached hydrogens (tertiary/aromatic N) is 1. The van der Waals surface area contributed by atoms with Crippen molar-refractivity contribution in [2.24, 2.45) is 0 Å². The second-order valence-electron chi connectivity index (χ2n) is 5.07. The minimum atomic E-state index is -1.20. The van der Waals surface area contributed by atoms with Crippen molar-refractivity contribution >= 4 is 6.09 Å². The third-order valence-electron chi connectivity index (χ3n) is 2.40. The maximum Gasteiger partial charge on any atom is 0.410 e. The minimum absolute atomic E-state index is 0.00736. The van der Waals surface area contributed by atoms with Gasteiger partial charge >= 0.3 is 6.09 Å². The van der Waals surface area contributed by atoms with Crippen LogP contribution in [0.1, 0.15) is 27.2 Å². The molecule has 0 unspecified atom stereocenters. The molecule has 17 heavy (non-hydrogen) atoms. The molecular weight excluding hydrogens is 225 g/mol. The molecule has 0 saturated carbocycles. The zero-order valence-corrected chi connectivity index (χ0v) is 10.6. The Morgan fingerprint density at radius 3 is 2.65 bits per heavy atom. The molecule has 1 amide bonds. The number of likely N-dealkylation sites (tertiary alicyclic amines) is 1. The summed E-state index contributed by atoms with van der Waals surface area (Å²) in [6.07, 6.45) is -0.495. The summed E-state index contributed by atoms with van der Waals surface area (Å²) >= 11 is 0. The summed E-state index contributed by atoms with van der Waals surface area (Å²) < 4.78 is 23.9. The van der Waals surface area contributed by atoms with Crippen LogP contribution in [0.15, 0.2) is 12.8 Å². The first-order chi connectivity index (χ1) is 7.83. The molecule has 0 aromatic rings. The van der Waals surface area contributed by atoms with Crippen molar-refractivity contribution in [2.45, 2.75) is 45.1 Å². The van der Waals surface area contributed by atoms with Crippen LogP contribution in [0.3, 0.4) is 0 Å². The molecule has 4 nitrogen and oxygen atoms in total. The fourth-order valence-electron chi connectivity index (χ4n) is 1.65. The van der Waals surface area contributed by atoms with Gasteiger partial charge in [-0.15, -0.1) is 0 Å². The van der Waals surface area contributed by atoms with E-state index in [1.165, 1.54) is 11.2 Å². The molecule has 1 rings (SSSR count). The van der Waals surface area contributed by atoms with Gasteiger partial charge in [0.15, 0.2) is 6.17 Å². The molecule has 0 bridgehead atoms. The van der Waals surface area contributed by atoms with E-state index in [1.807, 2.05) is 0 Å². The number of piperidine rings is 1. The maximum absolute atomic E-state index is 13.7. The summed E-state index contributed by atoms with van der Waals surface area (Å²) in [4.78, 5) is 13.1. The minimum Gasteiger partial charge on any atom is -0.495 e. The van der Waals surface area contributed by atoms with Gasteiger partial charge in [0.25, 0.3) is 0 Å². The Kier molecular flexibility index (Phi) is 4.37. The Morgan fingerprint density at radius 2 is 2.18 bits per heavy atom. The fourth-order valence-corrected chi connectivity index (χ4v) is 1.65. The molecule has 1 aliphatic heterocycles. The first-order valence-corrected chi connectivity index (χ1v) is 5.72. The number of carbonyl (C=O) groups is 1. The van der Waals surface area contributed by atoms with Crippen molar-refractivity contribution < 1.29 is 18.7 Å². The summed E-state index contributed by atoms with van der Waals surface area (Å²) in [7, 11) is 0. The highest BCUT2D eigenvalue weighted by Crippen LogP contribution is 2.19. The molecule has 0 N–H and O–H groups in total. The molecule has 1 heterocycles. The van der Waals surface area contributed by atoms with Gasteiger partial charge in [-0.05, 0) is 20.8 Å². The molecule has 0 radical (unpaired) electrons. The highest BCUT2D eigenvalue weighted by Gasteiger charge is 2.34. The van der Waals surface area contributed by atoms with Crippen LogP contribution in [-0.2, 0) is 9.47 Å². The number of hydrogen-bond donors (Lipinski definition) is 0. The zero-order chi connectivity index (χ0) is 13.1. The van der Waals surface area contributed by atoms with Crippen molar-refractivity contribution in [3.05, 3.63) is 12.8 Å². The Balaban J connectivity index is 2.49. The van der Waals surface area contributed by atoms with Crippen molar-refractivity contribution in [3.8, 4) is 0 Å². The average molecular weight is 245 g/mol. The second-order valence-corrected chi connectivity index (χ2v) is 5.07. The van der Waals surface area contributed by atoms with E-state index in [-0.39, 0.29) is 6.54 Å². The van der Waals surface area contributed by atoms with Crippen LogP contribution < -0.4 is 0 Å². The number of amides is 1. The number of halogens is 1. The number of rotatable bonds is 2. The van der Waals surface area contributed by atoms with E-state index < -0.39 is 24.0 Å². The summed E-state index contributed by atoms with van der Waals surface area (Å²) in [5.41, 5.74) is -0.558. The van der Waals surface area contributed by atoms with Gasteiger partial charge in [0.1, 0.15) is 11.7 Å². The molecule has 98 valence electrons. The lowest BCUT2D eigenvalue weighted by Gasteiger charge is -2.35. The first kappa shape index (κ1) is 13.8. The van der Waals surface area contributed by atoms with Gasteiger partial charge < -0.3 is 14.4 Å². The van der Waals surface area contributed by atoms with Gasteiger partial charge in [0.05, 0.1) is 12.8 Å². The predicted molar refractivity (Wildman–Crippen MR) is 62.4 cm³/mol. The van der Waals surface area contributed by atoms with E-state index in [2.05, 4.69) is 6.58 Å². The van der Waals surface area contributed by atoms with Crippen LogP contribution in [0.4, 0.5) is 9.18 Å². The monoisotopic (exact) mass is 245 g/mol. The van der Waals surface area contributed by atoms with E-state index in [1.54, 1.807) is 20.8 Å². The predicted octanol–water partition coefficient (Wildman–Crippen LogP) is 2.49. The molecule has 0 aliphatic carbocycles. The van der Waals surface area contributed by atoms with Crippen LogP contribution >= 0.6 is 0 Å². The molecule has 1 fully saturated rings. The highest BCUT2D eigenvalue weighted by atomic mass is 19.1. The number of ether oxygens (including phenoxy) is 2. The third-order valence-corrected chi connectivity index (χ3v) is 2.40. The van der Waals surface area contributed by atoms with Crippen LogP contribution in [0.2, 0.25) is 0 Å². The average Bonchev–Trinajstić information content (AvgIpc) is 2.18. The van der Waals surface area contributed by atoms with E-state index in [0.717, 1.165) is 0 Å². The van der Waals surface area contributed by atoms with Crippen LogP contribution in [-0.4, -0.2) is 42.0 Å². The normalized spacial score (nSPS) is 25.3. The molecular formula is C12H20FNO3. The molecule has 1 aliphatic rings. The van der Waals surface area contributed by atoms with Crippen LogP contribution in [0, 0.1) is 0 Å². The van der Waals surface area contributed by atoms with Gasteiger partial charge in [-0.2, -0.15) is 0 Å². The molecule has 0 aromatic heterocycles. The lowest BCUT2D eigenvalue weighted by molar-refractivity contribution is -0.0222. The van der Waals surface area contributed by atoms with Crippen molar-refractivity contribution in [1.29, 1.82) is 0 Å². The Bertz CT molecular complexity index is 288. The van der Waals surface area contributed by atoms with Gasteiger partial charge in [0, 0.05) is 13.0 Å². The van der Waals surface area contributed by atoms with E-state index in [9.17, 15) is 9.18 Å². The molecule has 1 saturated heterocycles. The standard InChI is InChI=1S/C12H20FNO3/c1-5-16-10-6-7-14(8-9(10)13)11(15)17-12(2,3)4/h5,9-10H,1,6-8H2,2-4H3/t9-,10+/m0/s1. The second kappa shape index (κ2) is 5.38. The summed E-state index contributed by atoms with van der Waals surface area (Å²) in [5.74, 6) is 0. The Morgan fingerprint density at radius 1 is 1.53 bits per heavy atom. The lowest BCUT2D eigenvalue weighted by atomic mass is 10.1. The van der Waals surface area contributed by atoms with Gasteiger partial charge in [0.2, 0.25) is 0 Å². The summed E-state index contributed by atoms with van der Waals surface area (Å²) in [5, 5.41) is 0. The summed E-state index contributed by atoms with van der Waals surface area (Å²) in [6.45, 7) is 9.19. The fraction of sp³-hybridized carbons (Fsp3) is 0.750. The molecule has 0 aromatic carbocycles. The maximum atomic E-state index is 13.7. The van der Waals surface area contributed by atoms with Gasteiger partial charge in [-0.1, -0.05) is 6.58 Å². The zero-order valence-electron chi connectivity index (χ0n) is 10.6. The number of carbonyl (C=O) groups excluding carboxylic acids is 1.